The van der Waals surface area contributed by atoms with Gasteiger partial charge in [-0.2, -0.15) is 5.10 Å². The van der Waals surface area contributed by atoms with Crippen molar-refractivity contribution < 1.29 is 0 Å². The monoisotopic (exact) mass is 193 g/mol. The molecule has 0 bridgehead atoms. The molecule has 14 heavy (non-hydrogen) atoms. The van der Waals surface area contributed by atoms with Crippen LogP contribution in [0.1, 0.15) is 32.5 Å². The van der Waals surface area contributed by atoms with Crippen LogP contribution in [0.2, 0.25) is 0 Å². The summed E-state index contributed by atoms with van der Waals surface area (Å²) in [7, 11) is 1.94. The van der Waals surface area contributed by atoms with Crippen LogP contribution in [0.4, 0.5) is 0 Å². The van der Waals surface area contributed by atoms with Gasteiger partial charge in [-0.05, 0) is 26.5 Å². The fourth-order valence-corrected chi connectivity index (χ4v) is 1.40. The van der Waals surface area contributed by atoms with E-state index in [9.17, 15) is 0 Å². The van der Waals surface area contributed by atoms with E-state index in [1.807, 2.05) is 24.0 Å². The Morgan fingerprint density at radius 3 is 2.79 bits per heavy atom. The normalized spacial score (nSPS) is 12.6. The van der Waals surface area contributed by atoms with Gasteiger partial charge in [0, 0.05) is 13.2 Å². The lowest BCUT2D eigenvalue weighted by molar-refractivity contribution is 0.612. The molecular weight excluding hydrogens is 174 g/mol. The lowest BCUT2D eigenvalue weighted by atomic mass is 10.1. The quantitative estimate of drug-likeness (QED) is 0.742. The third-order valence-electron chi connectivity index (χ3n) is 1.98. The molecule has 0 spiro atoms. The fraction of sp³-hybridized carbons (Fsp3) is 0.545. The Hall–Kier alpha value is -1.09. The van der Waals surface area contributed by atoms with Crippen molar-refractivity contribution in [1.82, 2.24) is 15.1 Å². The lowest BCUT2D eigenvalue weighted by Gasteiger charge is -2.11. The Morgan fingerprint density at radius 1 is 1.64 bits per heavy atom. The highest BCUT2D eigenvalue weighted by molar-refractivity contribution is 5.15. The van der Waals surface area contributed by atoms with Gasteiger partial charge >= 0.3 is 0 Å². The number of aryl methyl sites for hydroxylation is 1. The number of rotatable bonds is 4. The number of hydrogen-bond donors (Lipinski definition) is 1. The second-order valence-electron chi connectivity index (χ2n) is 3.69. The molecule has 0 saturated heterocycles. The average molecular weight is 193 g/mol. The average Bonchev–Trinajstić information content (AvgIpc) is 2.50. The summed E-state index contributed by atoms with van der Waals surface area (Å²) in [6.45, 7) is 7.26. The van der Waals surface area contributed by atoms with Crippen LogP contribution in [0.3, 0.4) is 0 Å². The predicted molar refractivity (Wildman–Crippen MR) is 59.1 cm³/mol. The van der Waals surface area contributed by atoms with Crippen molar-refractivity contribution in [2.24, 2.45) is 7.05 Å². The molecule has 1 rings (SSSR count). The molecule has 78 valence electrons. The minimum absolute atomic E-state index is 0.242. The molecule has 1 N–H and O–H groups in total. The van der Waals surface area contributed by atoms with E-state index >= 15 is 0 Å². The molecule has 1 unspecified atom stereocenters. The maximum Gasteiger partial charge on any atom is 0.0833 e. The van der Waals surface area contributed by atoms with Crippen LogP contribution in [0.15, 0.2) is 23.9 Å². The Balaban J connectivity index is 2.82. The highest BCUT2D eigenvalue weighted by atomic mass is 15.3. The fourth-order valence-electron chi connectivity index (χ4n) is 1.40. The molecule has 0 aliphatic carbocycles. The van der Waals surface area contributed by atoms with E-state index < -0.39 is 0 Å². The third-order valence-corrected chi connectivity index (χ3v) is 1.98. The van der Waals surface area contributed by atoms with Gasteiger partial charge < -0.3 is 5.32 Å². The summed E-state index contributed by atoms with van der Waals surface area (Å²) in [5.41, 5.74) is 2.39. The number of nitrogens with one attached hydrogen (secondary N) is 1. The molecule has 3 nitrogen and oxygen atoms in total. The molecule has 1 heterocycles. The molecule has 1 aromatic heterocycles. The number of hydrogen-bond acceptors (Lipinski definition) is 2. The molecule has 1 aromatic rings. The number of allylic oxidation sites excluding steroid dienone is 1. The van der Waals surface area contributed by atoms with Crippen LogP contribution in [0.25, 0.3) is 0 Å². The van der Waals surface area contributed by atoms with Crippen molar-refractivity contribution in [3.8, 4) is 0 Å². The zero-order valence-electron chi connectivity index (χ0n) is 9.41. The summed E-state index contributed by atoms with van der Waals surface area (Å²) in [5, 5.41) is 7.78. The molecule has 0 radical (unpaired) electrons. The topological polar surface area (TPSA) is 29.9 Å². The molecule has 3 heteroatoms. The number of nitrogens with zero attached hydrogens (tertiary/aromatic N) is 2. The van der Waals surface area contributed by atoms with E-state index in [-0.39, 0.29) is 6.04 Å². The van der Waals surface area contributed by atoms with Crippen molar-refractivity contribution in [1.29, 1.82) is 0 Å². The highest BCUT2D eigenvalue weighted by Crippen LogP contribution is 2.13. The SMILES string of the molecule is CCNC(C=C(C)C)c1ccn(C)n1. The minimum Gasteiger partial charge on any atom is -0.306 e. The maximum atomic E-state index is 4.39. The lowest BCUT2D eigenvalue weighted by Crippen LogP contribution is -2.19. The smallest absolute Gasteiger partial charge is 0.0833 e. The molecule has 0 fully saturated rings. The van der Waals surface area contributed by atoms with Crippen LogP contribution in [-0.4, -0.2) is 16.3 Å². The first kappa shape index (κ1) is 11.0. The Bertz CT molecular complexity index is 308. The Morgan fingerprint density at radius 2 is 2.36 bits per heavy atom. The standard InChI is InChI=1S/C11H19N3/c1-5-12-11(8-9(2)3)10-6-7-14(4)13-10/h6-8,11-12H,5H2,1-4H3. The van der Waals surface area contributed by atoms with Crippen molar-refractivity contribution in [2.75, 3.05) is 6.54 Å². The molecule has 0 saturated carbocycles. The first-order chi connectivity index (χ1) is 6.63. The van der Waals surface area contributed by atoms with Crippen LogP contribution >= 0.6 is 0 Å². The summed E-state index contributed by atoms with van der Waals surface area (Å²) >= 11 is 0. The highest BCUT2D eigenvalue weighted by Gasteiger charge is 2.09. The molecule has 1 atom stereocenters. The second-order valence-corrected chi connectivity index (χ2v) is 3.69. The first-order valence-corrected chi connectivity index (χ1v) is 5.01. The van der Waals surface area contributed by atoms with Gasteiger partial charge in [0.15, 0.2) is 0 Å². The van der Waals surface area contributed by atoms with E-state index in [2.05, 4.69) is 37.3 Å². The van der Waals surface area contributed by atoms with Crippen LogP contribution in [0, 0.1) is 0 Å². The summed E-state index contributed by atoms with van der Waals surface area (Å²) in [4.78, 5) is 0. The maximum absolute atomic E-state index is 4.39. The molecule has 0 amide bonds. The molecule has 0 aromatic carbocycles. The largest absolute Gasteiger partial charge is 0.306 e. The van der Waals surface area contributed by atoms with Crippen molar-refractivity contribution >= 4 is 0 Å². The zero-order chi connectivity index (χ0) is 10.6. The Labute approximate surface area is 85.8 Å². The van der Waals surface area contributed by atoms with Gasteiger partial charge in [0.05, 0.1) is 11.7 Å². The first-order valence-electron chi connectivity index (χ1n) is 5.01. The zero-order valence-corrected chi connectivity index (χ0v) is 9.41. The summed E-state index contributed by atoms with van der Waals surface area (Å²) in [6.07, 6.45) is 4.17. The molecule has 0 aliphatic heterocycles. The summed E-state index contributed by atoms with van der Waals surface area (Å²) in [6, 6.07) is 2.29. The van der Waals surface area contributed by atoms with Gasteiger partial charge in [-0.15, -0.1) is 0 Å². The van der Waals surface area contributed by atoms with E-state index in [0.717, 1.165) is 12.2 Å². The Kier molecular flexibility index (Phi) is 3.89. The summed E-state index contributed by atoms with van der Waals surface area (Å²) in [5.74, 6) is 0. The molecule has 0 aliphatic rings. The minimum atomic E-state index is 0.242. The van der Waals surface area contributed by atoms with Gasteiger partial charge in [0.1, 0.15) is 0 Å². The van der Waals surface area contributed by atoms with Crippen molar-refractivity contribution in [3.05, 3.63) is 29.6 Å². The van der Waals surface area contributed by atoms with E-state index in [0.29, 0.717) is 0 Å². The predicted octanol–water partition coefficient (Wildman–Crippen LogP) is 2.04. The van der Waals surface area contributed by atoms with Crippen LogP contribution < -0.4 is 5.32 Å². The van der Waals surface area contributed by atoms with E-state index in [1.54, 1.807) is 0 Å². The van der Waals surface area contributed by atoms with Gasteiger partial charge in [-0.25, -0.2) is 0 Å². The molecular formula is C11H19N3. The van der Waals surface area contributed by atoms with Crippen molar-refractivity contribution in [2.45, 2.75) is 26.8 Å². The van der Waals surface area contributed by atoms with Gasteiger partial charge in [-0.3, -0.25) is 4.68 Å². The van der Waals surface area contributed by atoms with Gasteiger partial charge in [-0.1, -0.05) is 18.6 Å². The van der Waals surface area contributed by atoms with E-state index in [1.165, 1.54) is 5.57 Å². The van der Waals surface area contributed by atoms with Gasteiger partial charge in [0.25, 0.3) is 0 Å². The van der Waals surface area contributed by atoms with Gasteiger partial charge in [0.2, 0.25) is 0 Å². The van der Waals surface area contributed by atoms with Crippen molar-refractivity contribution in [3.63, 3.8) is 0 Å². The summed E-state index contributed by atoms with van der Waals surface area (Å²) < 4.78 is 1.83. The van der Waals surface area contributed by atoms with Crippen LogP contribution in [-0.2, 0) is 7.05 Å². The van der Waals surface area contributed by atoms with E-state index in [4.69, 9.17) is 0 Å². The second kappa shape index (κ2) is 4.96. The van der Waals surface area contributed by atoms with Crippen LogP contribution in [0.5, 0.6) is 0 Å². The third kappa shape index (κ3) is 3.00. The number of aromatic nitrogens is 2. The number of likely N-dealkylation sites (N-methyl/N-ethyl adjacent to an activating group) is 1.